The van der Waals surface area contributed by atoms with E-state index in [0.29, 0.717) is 15.8 Å². The predicted octanol–water partition coefficient (Wildman–Crippen LogP) is 4.97. The fourth-order valence-electron chi connectivity index (χ4n) is 1.16. The van der Waals surface area contributed by atoms with Crippen LogP contribution in [0.5, 0.6) is 11.5 Å². The normalized spacial score (nSPS) is 10.4. The number of ether oxygens (including phenoxy) is 1. The summed E-state index contributed by atoms with van der Waals surface area (Å²) in [4.78, 5) is 3.41. The number of benzene rings is 1. The minimum atomic E-state index is -0.640. The summed E-state index contributed by atoms with van der Waals surface area (Å²) < 4.78 is 18.2. The maximum atomic E-state index is 12.8. The molecule has 0 spiro atoms. The molecule has 0 saturated heterocycles. The van der Waals surface area contributed by atoms with Crippen molar-refractivity contribution in [1.82, 2.24) is 4.98 Å². The molecule has 0 aliphatic heterocycles. The average molecular weight is 293 g/mol. The number of hydrogen-bond donors (Lipinski definition) is 0. The number of aromatic nitrogens is 1. The van der Waals surface area contributed by atoms with Gasteiger partial charge in [-0.1, -0.05) is 34.8 Å². The quantitative estimate of drug-likeness (QED) is 0.575. The predicted molar refractivity (Wildman–Crippen MR) is 65.7 cm³/mol. The van der Waals surface area contributed by atoms with Gasteiger partial charge in [-0.25, -0.2) is 4.98 Å². The van der Waals surface area contributed by atoms with Crippen LogP contribution in [0.2, 0.25) is 15.1 Å². The standard InChI is InChI=1S/C11H5Cl3FNO/c12-7-4-9(14)10(5-8(7)13)17-6-1-2-16-11(15)3-6/h1-5H. The van der Waals surface area contributed by atoms with Crippen LogP contribution in [0.15, 0.2) is 30.5 Å². The summed E-state index contributed by atoms with van der Waals surface area (Å²) in [7, 11) is 0. The largest absolute Gasteiger partial charge is 0.456 e. The second kappa shape index (κ2) is 5.08. The third-order valence-electron chi connectivity index (χ3n) is 1.90. The van der Waals surface area contributed by atoms with Crippen LogP contribution in [0.4, 0.5) is 4.39 Å². The van der Waals surface area contributed by atoms with Crippen LogP contribution in [-0.2, 0) is 0 Å². The molecule has 0 fully saturated rings. The van der Waals surface area contributed by atoms with Gasteiger partial charge in [0.05, 0.1) is 15.1 Å². The van der Waals surface area contributed by atoms with Gasteiger partial charge in [0, 0.05) is 18.3 Å². The summed E-state index contributed by atoms with van der Waals surface area (Å²) in [6, 6.07) is 5.56. The fraction of sp³-hybridized carbons (Fsp3) is 0. The van der Waals surface area contributed by atoms with Gasteiger partial charge >= 0.3 is 0 Å². The van der Waals surface area contributed by atoms with Crippen molar-refractivity contribution in [2.24, 2.45) is 0 Å². The minimum absolute atomic E-state index is 0.276. The zero-order chi connectivity index (χ0) is 12.4. The first-order valence-electron chi connectivity index (χ1n) is 4.50. The zero-order valence-electron chi connectivity index (χ0n) is 8.25. The number of hydrogen-bond acceptors (Lipinski definition) is 2. The molecule has 0 saturated carbocycles. The third kappa shape index (κ3) is 3.00. The Morgan fingerprint density at radius 2 is 1.71 bits per heavy atom. The van der Waals surface area contributed by atoms with Crippen molar-refractivity contribution < 1.29 is 9.13 Å². The van der Waals surface area contributed by atoms with Crippen LogP contribution in [0.25, 0.3) is 0 Å². The summed E-state index contributed by atoms with van der Waals surface area (Å²) in [6.45, 7) is 0. The van der Waals surface area contributed by atoms with Gasteiger partial charge in [0.1, 0.15) is 11.5 Å². The van der Waals surface area contributed by atoms with Crippen LogP contribution >= 0.6 is 34.8 Å². The number of halogens is 4. The Bertz CT molecular complexity index is 562. The topological polar surface area (TPSA) is 22.1 Å². The van der Waals surface area contributed by atoms with E-state index in [-0.39, 0.29) is 10.8 Å². The Labute approximate surface area is 112 Å². The smallest absolute Gasteiger partial charge is 0.216 e. The molecule has 2 aromatic rings. The first-order valence-corrected chi connectivity index (χ1v) is 5.63. The van der Waals surface area contributed by atoms with E-state index in [1.54, 1.807) is 0 Å². The molecule has 0 N–H and O–H groups in total. The Morgan fingerprint density at radius 1 is 1.00 bits per heavy atom. The molecular weight excluding hydrogens is 287 g/mol. The van der Waals surface area contributed by atoms with Gasteiger partial charge in [0.2, 0.25) is 5.95 Å². The molecule has 0 atom stereocenters. The Hall–Kier alpha value is -1.03. The lowest BCUT2D eigenvalue weighted by Crippen LogP contribution is -1.88. The summed E-state index contributed by atoms with van der Waals surface area (Å²) in [5.41, 5.74) is 0. The van der Waals surface area contributed by atoms with Crippen molar-refractivity contribution in [3.05, 3.63) is 51.5 Å². The average Bonchev–Trinajstić information content (AvgIpc) is 2.26. The Morgan fingerprint density at radius 3 is 2.41 bits per heavy atom. The lowest BCUT2D eigenvalue weighted by atomic mass is 10.3. The van der Waals surface area contributed by atoms with Crippen molar-refractivity contribution in [3.8, 4) is 11.5 Å². The van der Waals surface area contributed by atoms with Crippen LogP contribution < -0.4 is 4.74 Å². The number of rotatable bonds is 2. The molecule has 0 unspecified atom stereocenters. The van der Waals surface area contributed by atoms with E-state index in [1.807, 2.05) is 0 Å². The second-order valence-corrected chi connectivity index (χ2v) is 4.33. The van der Waals surface area contributed by atoms with E-state index in [0.717, 1.165) is 6.07 Å². The summed E-state index contributed by atoms with van der Waals surface area (Å²) in [6.07, 6.45) is 1.29. The molecule has 1 aromatic heterocycles. The summed E-state index contributed by atoms with van der Waals surface area (Å²) >= 11 is 17.5. The molecule has 0 aliphatic rings. The second-order valence-electron chi connectivity index (χ2n) is 3.11. The van der Waals surface area contributed by atoms with Gasteiger partial charge in [-0.05, 0) is 12.1 Å². The first kappa shape index (κ1) is 12.4. The highest BCUT2D eigenvalue weighted by Crippen LogP contribution is 2.36. The molecule has 0 radical (unpaired) electrons. The van der Waals surface area contributed by atoms with E-state index in [4.69, 9.17) is 39.5 Å². The van der Waals surface area contributed by atoms with E-state index >= 15 is 0 Å². The molecule has 1 aromatic carbocycles. The lowest BCUT2D eigenvalue weighted by Gasteiger charge is -2.08. The highest BCUT2D eigenvalue weighted by molar-refractivity contribution is 6.43. The highest BCUT2D eigenvalue weighted by atomic mass is 35.5. The van der Waals surface area contributed by atoms with Crippen LogP contribution in [0.1, 0.15) is 0 Å². The maximum absolute atomic E-state index is 12.8. The SMILES string of the molecule is Fc1cc(Oc2cc(Cl)c(Cl)cc2Cl)ccn1. The van der Waals surface area contributed by atoms with Crippen molar-refractivity contribution in [1.29, 1.82) is 0 Å². The lowest BCUT2D eigenvalue weighted by molar-refractivity contribution is 0.472. The zero-order valence-corrected chi connectivity index (χ0v) is 10.5. The summed E-state index contributed by atoms with van der Waals surface area (Å²) in [5, 5.41) is 0.919. The molecule has 88 valence electrons. The van der Waals surface area contributed by atoms with Crippen molar-refractivity contribution >= 4 is 34.8 Å². The van der Waals surface area contributed by atoms with Crippen molar-refractivity contribution in [2.45, 2.75) is 0 Å². The van der Waals surface area contributed by atoms with Gasteiger partial charge in [0.15, 0.2) is 0 Å². The van der Waals surface area contributed by atoms with Gasteiger partial charge in [-0.2, -0.15) is 4.39 Å². The van der Waals surface area contributed by atoms with Crippen LogP contribution in [0.3, 0.4) is 0 Å². The van der Waals surface area contributed by atoms with Crippen molar-refractivity contribution in [3.63, 3.8) is 0 Å². The van der Waals surface area contributed by atoms with E-state index < -0.39 is 5.95 Å². The van der Waals surface area contributed by atoms with Gasteiger partial charge in [-0.15, -0.1) is 0 Å². The third-order valence-corrected chi connectivity index (χ3v) is 2.92. The molecule has 0 aliphatic carbocycles. The molecule has 0 amide bonds. The first-order chi connectivity index (χ1) is 8.06. The molecule has 2 nitrogen and oxygen atoms in total. The number of pyridine rings is 1. The monoisotopic (exact) mass is 291 g/mol. The van der Waals surface area contributed by atoms with E-state index in [2.05, 4.69) is 4.98 Å². The van der Waals surface area contributed by atoms with Gasteiger partial charge in [-0.3, -0.25) is 0 Å². The van der Waals surface area contributed by atoms with Crippen LogP contribution in [0, 0.1) is 5.95 Å². The van der Waals surface area contributed by atoms with Crippen LogP contribution in [-0.4, -0.2) is 4.98 Å². The Balaban J connectivity index is 2.33. The van der Waals surface area contributed by atoms with Gasteiger partial charge in [0.25, 0.3) is 0 Å². The maximum Gasteiger partial charge on any atom is 0.216 e. The van der Waals surface area contributed by atoms with E-state index in [1.165, 1.54) is 24.4 Å². The molecule has 1 heterocycles. The molecule has 6 heteroatoms. The molecule has 17 heavy (non-hydrogen) atoms. The molecule has 0 bridgehead atoms. The molecule has 2 rings (SSSR count). The van der Waals surface area contributed by atoms with Crippen molar-refractivity contribution in [2.75, 3.05) is 0 Å². The summed E-state index contributed by atoms with van der Waals surface area (Å²) in [5.74, 6) is -0.0665. The van der Waals surface area contributed by atoms with E-state index in [9.17, 15) is 4.39 Å². The highest BCUT2D eigenvalue weighted by Gasteiger charge is 2.08. The van der Waals surface area contributed by atoms with Gasteiger partial charge < -0.3 is 4.74 Å². The Kier molecular flexibility index (Phi) is 3.72. The number of nitrogens with zero attached hydrogens (tertiary/aromatic N) is 1. The molecular formula is C11H5Cl3FNO. The minimum Gasteiger partial charge on any atom is -0.456 e. The fourth-order valence-corrected chi connectivity index (χ4v) is 1.73.